The molecule has 3 aromatic rings. The van der Waals surface area contributed by atoms with Crippen LogP contribution in [0.15, 0.2) is 43.1 Å². The summed E-state index contributed by atoms with van der Waals surface area (Å²) in [4.78, 5) is 20.0. The highest BCUT2D eigenvalue weighted by Crippen LogP contribution is 2.25. The van der Waals surface area contributed by atoms with Crippen molar-refractivity contribution in [3.8, 4) is 11.4 Å². The SMILES string of the molecule is Cc1cc(N2CC[C@H](Cc3cccc(-c4cncn4C)n3)C2)ncn1. The van der Waals surface area contributed by atoms with Crippen molar-refractivity contribution in [1.29, 1.82) is 0 Å². The Morgan fingerprint density at radius 2 is 2.16 bits per heavy atom. The third-order valence-electron chi connectivity index (χ3n) is 4.78. The molecular formula is C19H22N6. The van der Waals surface area contributed by atoms with Gasteiger partial charge in [0.05, 0.1) is 23.9 Å². The summed E-state index contributed by atoms with van der Waals surface area (Å²) in [6.45, 7) is 4.07. The van der Waals surface area contributed by atoms with Gasteiger partial charge in [-0.15, -0.1) is 0 Å². The van der Waals surface area contributed by atoms with Gasteiger partial charge in [-0.05, 0) is 37.8 Å². The maximum atomic E-state index is 4.85. The van der Waals surface area contributed by atoms with Crippen molar-refractivity contribution in [2.24, 2.45) is 13.0 Å². The normalized spacial score (nSPS) is 17.2. The molecule has 1 aliphatic heterocycles. The minimum absolute atomic E-state index is 0.601. The van der Waals surface area contributed by atoms with Crippen LogP contribution < -0.4 is 4.90 Å². The molecule has 0 amide bonds. The van der Waals surface area contributed by atoms with Crippen molar-refractivity contribution in [2.75, 3.05) is 18.0 Å². The molecule has 128 valence electrons. The zero-order valence-electron chi connectivity index (χ0n) is 14.6. The van der Waals surface area contributed by atoms with Crippen molar-refractivity contribution in [1.82, 2.24) is 24.5 Å². The van der Waals surface area contributed by atoms with E-state index in [0.717, 1.165) is 48.1 Å². The summed E-state index contributed by atoms with van der Waals surface area (Å²) in [5.74, 6) is 1.64. The first-order chi connectivity index (χ1) is 12.2. The number of imidazole rings is 1. The van der Waals surface area contributed by atoms with Crippen LogP contribution in [0.4, 0.5) is 5.82 Å². The molecule has 1 aliphatic rings. The summed E-state index contributed by atoms with van der Waals surface area (Å²) >= 11 is 0. The van der Waals surface area contributed by atoms with Gasteiger partial charge in [-0.25, -0.2) is 15.0 Å². The van der Waals surface area contributed by atoms with E-state index in [2.05, 4.69) is 38.1 Å². The van der Waals surface area contributed by atoms with E-state index in [-0.39, 0.29) is 0 Å². The Morgan fingerprint density at radius 3 is 2.96 bits per heavy atom. The minimum Gasteiger partial charge on any atom is -0.356 e. The number of pyridine rings is 1. The molecular weight excluding hydrogens is 312 g/mol. The fourth-order valence-corrected chi connectivity index (χ4v) is 3.46. The summed E-state index contributed by atoms with van der Waals surface area (Å²) in [5.41, 5.74) is 4.19. The van der Waals surface area contributed by atoms with Crippen LogP contribution in [0, 0.1) is 12.8 Å². The van der Waals surface area contributed by atoms with Gasteiger partial charge in [0.1, 0.15) is 12.1 Å². The fraction of sp³-hybridized carbons (Fsp3) is 0.368. The fourth-order valence-electron chi connectivity index (χ4n) is 3.46. The lowest BCUT2D eigenvalue weighted by Gasteiger charge is -2.17. The minimum atomic E-state index is 0.601. The van der Waals surface area contributed by atoms with Gasteiger partial charge in [0.15, 0.2) is 0 Å². The lowest BCUT2D eigenvalue weighted by molar-refractivity contribution is 0.577. The predicted octanol–water partition coefficient (Wildman–Crippen LogP) is 2.65. The zero-order valence-corrected chi connectivity index (χ0v) is 14.6. The molecule has 6 heteroatoms. The van der Waals surface area contributed by atoms with Gasteiger partial charge in [0, 0.05) is 37.6 Å². The Balaban J connectivity index is 1.46. The highest BCUT2D eigenvalue weighted by Gasteiger charge is 2.24. The second kappa shape index (κ2) is 6.63. The second-order valence-electron chi connectivity index (χ2n) is 6.73. The lowest BCUT2D eigenvalue weighted by atomic mass is 10.0. The van der Waals surface area contributed by atoms with Gasteiger partial charge < -0.3 is 9.47 Å². The average molecular weight is 334 g/mol. The average Bonchev–Trinajstić information content (AvgIpc) is 3.24. The Labute approximate surface area is 147 Å². The third-order valence-corrected chi connectivity index (χ3v) is 4.78. The molecule has 6 nitrogen and oxygen atoms in total. The zero-order chi connectivity index (χ0) is 17.2. The van der Waals surface area contributed by atoms with Crippen LogP contribution in [0.5, 0.6) is 0 Å². The smallest absolute Gasteiger partial charge is 0.132 e. The van der Waals surface area contributed by atoms with Gasteiger partial charge >= 0.3 is 0 Å². The van der Waals surface area contributed by atoms with Crippen LogP contribution in [0.1, 0.15) is 17.8 Å². The number of hydrogen-bond acceptors (Lipinski definition) is 5. The van der Waals surface area contributed by atoms with E-state index in [1.807, 2.05) is 37.1 Å². The number of anilines is 1. The monoisotopic (exact) mass is 334 g/mol. The van der Waals surface area contributed by atoms with E-state index >= 15 is 0 Å². The Kier molecular flexibility index (Phi) is 4.17. The third kappa shape index (κ3) is 3.38. The van der Waals surface area contributed by atoms with Gasteiger partial charge in [0.25, 0.3) is 0 Å². The summed E-state index contributed by atoms with van der Waals surface area (Å²) in [7, 11) is 2.00. The van der Waals surface area contributed by atoms with E-state index < -0.39 is 0 Å². The first-order valence-electron chi connectivity index (χ1n) is 8.65. The summed E-state index contributed by atoms with van der Waals surface area (Å²) in [5, 5.41) is 0. The molecule has 0 N–H and O–H groups in total. The molecule has 1 fully saturated rings. The van der Waals surface area contributed by atoms with Crippen molar-refractivity contribution in [2.45, 2.75) is 19.8 Å². The predicted molar refractivity (Wildman–Crippen MR) is 97.2 cm³/mol. The number of aryl methyl sites for hydroxylation is 2. The first-order valence-corrected chi connectivity index (χ1v) is 8.65. The standard InChI is InChI=1S/C19H22N6/c1-14-8-19(22-12-21-14)25-7-6-15(11-25)9-16-4-3-5-17(23-16)18-10-20-13-24(18)2/h3-5,8,10,12-13,15H,6-7,9,11H2,1-2H3/t15-/m1/s1. The molecule has 3 aromatic heterocycles. The van der Waals surface area contributed by atoms with Crippen LogP contribution in [-0.2, 0) is 13.5 Å². The van der Waals surface area contributed by atoms with E-state index in [9.17, 15) is 0 Å². The van der Waals surface area contributed by atoms with Gasteiger partial charge in [-0.1, -0.05) is 6.07 Å². The summed E-state index contributed by atoms with van der Waals surface area (Å²) < 4.78 is 2.00. The van der Waals surface area contributed by atoms with Crippen LogP contribution in [0.3, 0.4) is 0 Å². The van der Waals surface area contributed by atoms with E-state index in [1.165, 1.54) is 6.42 Å². The highest BCUT2D eigenvalue weighted by molar-refractivity contribution is 5.53. The molecule has 0 aliphatic carbocycles. The molecule has 4 heterocycles. The molecule has 25 heavy (non-hydrogen) atoms. The Hall–Kier alpha value is -2.76. The molecule has 0 bridgehead atoms. The molecule has 4 rings (SSSR count). The molecule has 0 unspecified atom stereocenters. The highest BCUT2D eigenvalue weighted by atomic mass is 15.2. The second-order valence-corrected chi connectivity index (χ2v) is 6.73. The molecule has 0 spiro atoms. The maximum Gasteiger partial charge on any atom is 0.132 e. The lowest BCUT2D eigenvalue weighted by Crippen LogP contribution is -2.21. The summed E-state index contributed by atoms with van der Waals surface area (Å²) in [6, 6.07) is 8.32. The van der Waals surface area contributed by atoms with Gasteiger partial charge in [-0.3, -0.25) is 4.98 Å². The first kappa shape index (κ1) is 15.7. The van der Waals surface area contributed by atoms with Gasteiger partial charge in [0.2, 0.25) is 0 Å². The molecule has 1 saturated heterocycles. The van der Waals surface area contributed by atoms with Crippen molar-refractivity contribution < 1.29 is 0 Å². The van der Waals surface area contributed by atoms with E-state index in [0.29, 0.717) is 5.92 Å². The Bertz CT molecular complexity index is 872. The number of hydrogen-bond donors (Lipinski definition) is 0. The maximum absolute atomic E-state index is 4.85. The van der Waals surface area contributed by atoms with E-state index in [1.54, 1.807) is 6.33 Å². The number of aromatic nitrogens is 5. The van der Waals surface area contributed by atoms with Crippen LogP contribution in [0.2, 0.25) is 0 Å². The van der Waals surface area contributed by atoms with Crippen LogP contribution in [-0.4, -0.2) is 37.6 Å². The van der Waals surface area contributed by atoms with Crippen LogP contribution in [0.25, 0.3) is 11.4 Å². The van der Waals surface area contributed by atoms with E-state index in [4.69, 9.17) is 4.98 Å². The molecule has 0 aromatic carbocycles. The van der Waals surface area contributed by atoms with Crippen molar-refractivity contribution in [3.05, 3.63) is 54.5 Å². The Morgan fingerprint density at radius 1 is 1.24 bits per heavy atom. The summed E-state index contributed by atoms with van der Waals surface area (Å²) in [6.07, 6.45) is 7.48. The van der Waals surface area contributed by atoms with Gasteiger partial charge in [-0.2, -0.15) is 0 Å². The molecule has 0 radical (unpaired) electrons. The number of rotatable bonds is 4. The molecule has 1 atom stereocenters. The largest absolute Gasteiger partial charge is 0.356 e. The quantitative estimate of drug-likeness (QED) is 0.734. The van der Waals surface area contributed by atoms with Crippen LogP contribution >= 0.6 is 0 Å². The topological polar surface area (TPSA) is 59.7 Å². The van der Waals surface area contributed by atoms with Crippen molar-refractivity contribution >= 4 is 5.82 Å². The van der Waals surface area contributed by atoms with Crippen molar-refractivity contribution in [3.63, 3.8) is 0 Å². The number of nitrogens with zero attached hydrogens (tertiary/aromatic N) is 6. The molecule has 0 saturated carbocycles.